The van der Waals surface area contributed by atoms with Gasteiger partial charge in [-0.2, -0.15) is 0 Å². The van der Waals surface area contributed by atoms with Crippen molar-refractivity contribution in [3.63, 3.8) is 0 Å². The summed E-state index contributed by atoms with van der Waals surface area (Å²) in [6.07, 6.45) is 1.13. The number of pyridine rings is 1. The van der Waals surface area contributed by atoms with E-state index in [1.54, 1.807) is 4.90 Å². The number of carbonyl (C=O) groups excluding carboxylic acids is 1. The number of hydrogen-bond acceptors (Lipinski definition) is 6. The van der Waals surface area contributed by atoms with Crippen molar-refractivity contribution < 1.29 is 13.6 Å². The molecular formula is C18H12F2N6OS. The van der Waals surface area contributed by atoms with Crippen molar-refractivity contribution in [3.05, 3.63) is 59.6 Å². The highest BCUT2D eigenvalue weighted by Crippen LogP contribution is 2.30. The van der Waals surface area contributed by atoms with Crippen molar-refractivity contribution in [2.24, 2.45) is 0 Å². The predicted octanol–water partition coefficient (Wildman–Crippen LogP) is 2.88. The van der Waals surface area contributed by atoms with Crippen molar-refractivity contribution in [1.29, 1.82) is 0 Å². The number of amides is 1. The van der Waals surface area contributed by atoms with Crippen molar-refractivity contribution in [1.82, 2.24) is 29.6 Å². The van der Waals surface area contributed by atoms with E-state index in [0.29, 0.717) is 52.2 Å². The Labute approximate surface area is 161 Å². The zero-order valence-corrected chi connectivity index (χ0v) is 15.2. The second-order valence-electron chi connectivity index (χ2n) is 6.32. The first kappa shape index (κ1) is 16.9. The van der Waals surface area contributed by atoms with Gasteiger partial charge in [0.1, 0.15) is 11.6 Å². The molecule has 7 nitrogen and oxygen atoms in total. The lowest BCUT2D eigenvalue weighted by atomic mass is 10.2. The molecule has 1 aromatic carbocycles. The molecule has 0 bridgehead atoms. The third-order valence-electron chi connectivity index (χ3n) is 4.54. The van der Waals surface area contributed by atoms with E-state index in [-0.39, 0.29) is 11.7 Å². The van der Waals surface area contributed by atoms with Crippen molar-refractivity contribution in [3.8, 4) is 10.8 Å². The van der Waals surface area contributed by atoms with Crippen LogP contribution < -0.4 is 0 Å². The molecule has 0 saturated carbocycles. The van der Waals surface area contributed by atoms with Gasteiger partial charge in [0.05, 0.1) is 17.4 Å². The quantitative estimate of drug-likeness (QED) is 0.519. The number of hydrogen-bond donors (Lipinski definition) is 0. The fourth-order valence-corrected chi connectivity index (χ4v) is 4.10. The lowest BCUT2D eigenvalue weighted by Crippen LogP contribution is -2.38. The monoisotopic (exact) mass is 398 g/mol. The van der Waals surface area contributed by atoms with Crippen molar-refractivity contribution >= 4 is 27.6 Å². The minimum Gasteiger partial charge on any atom is -0.329 e. The third-order valence-corrected chi connectivity index (χ3v) is 5.52. The van der Waals surface area contributed by atoms with E-state index in [4.69, 9.17) is 0 Å². The molecule has 0 spiro atoms. The molecule has 4 aromatic rings. The molecule has 10 heteroatoms. The van der Waals surface area contributed by atoms with E-state index in [0.717, 1.165) is 6.20 Å². The summed E-state index contributed by atoms with van der Waals surface area (Å²) in [5.41, 5.74) is 0.886. The van der Waals surface area contributed by atoms with Gasteiger partial charge in [-0.3, -0.25) is 4.79 Å². The molecule has 3 aromatic heterocycles. The van der Waals surface area contributed by atoms with Crippen LogP contribution in [-0.2, 0) is 13.1 Å². The molecule has 0 aliphatic carbocycles. The van der Waals surface area contributed by atoms with Gasteiger partial charge in [-0.05, 0) is 30.3 Å². The molecule has 28 heavy (non-hydrogen) atoms. The second-order valence-corrected chi connectivity index (χ2v) is 7.35. The van der Waals surface area contributed by atoms with Gasteiger partial charge in [-0.25, -0.2) is 18.7 Å². The standard InChI is InChI=1S/C18H12F2N6OS/c19-11-3-1-10(2-4-11)18(27)25-5-6-26-14(9-25)23-24-16(26)17-22-15-13(28-17)7-12(20)8-21-15/h1-4,7-8H,5-6,9H2. The van der Waals surface area contributed by atoms with Crippen LogP contribution in [0.5, 0.6) is 0 Å². The third kappa shape index (κ3) is 2.82. The fraction of sp³-hybridized carbons (Fsp3) is 0.167. The number of nitrogens with zero attached hydrogens (tertiary/aromatic N) is 6. The Hall–Kier alpha value is -3.27. The molecule has 0 N–H and O–H groups in total. The van der Waals surface area contributed by atoms with Gasteiger partial charge in [-0.1, -0.05) is 0 Å². The van der Waals surface area contributed by atoms with Gasteiger partial charge >= 0.3 is 0 Å². The minimum atomic E-state index is -0.416. The van der Waals surface area contributed by atoms with E-state index < -0.39 is 5.82 Å². The number of benzene rings is 1. The number of thiazole rings is 1. The van der Waals surface area contributed by atoms with Crippen LogP contribution in [0.2, 0.25) is 0 Å². The van der Waals surface area contributed by atoms with Crippen molar-refractivity contribution in [2.75, 3.05) is 6.54 Å². The van der Waals surface area contributed by atoms with E-state index in [2.05, 4.69) is 20.2 Å². The van der Waals surface area contributed by atoms with Crippen LogP contribution in [0.1, 0.15) is 16.2 Å². The molecule has 0 fully saturated rings. The zero-order chi connectivity index (χ0) is 19.3. The van der Waals surface area contributed by atoms with Crippen LogP contribution in [0, 0.1) is 11.6 Å². The molecule has 1 aliphatic heterocycles. The largest absolute Gasteiger partial charge is 0.329 e. The number of fused-ring (bicyclic) bond motifs is 2. The first-order valence-corrected chi connectivity index (χ1v) is 9.29. The second kappa shape index (κ2) is 6.41. The maximum Gasteiger partial charge on any atom is 0.254 e. The summed E-state index contributed by atoms with van der Waals surface area (Å²) in [6.45, 7) is 1.26. The lowest BCUT2D eigenvalue weighted by molar-refractivity contribution is 0.0708. The molecule has 0 radical (unpaired) electrons. The first-order valence-electron chi connectivity index (χ1n) is 8.48. The van der Waals surface area contributed by atoms with Crippen molar-refractivity contribution in [2.45, 2.75) is 13.1 Å². The van der Waals surface area contributed by atoms with Gasteiger partial charge in [0.25, 0.3) is 5.91 Å². The summed E-state index contributed by atoms with van der Waals surface area (Å²) in [4.78, 5) is 22.7. The normalized spacial score (nSPS) is 13.7. The van der Waals surface area contributed by atoms with Gasteiger partial charge < -0.3 is 9.47 Å². The first-order chi connectivity index (χ1) is 13.6. The van der Waals surface area contributed by atoms with Crippen LogP contribution in [0.15, 0.2) is 36.5 Å². The topological polar surface area (TPSA) is 76.8 Å². The number of halogens is 2. The Kier molecular flexibility index (Phi) is 3.86. The average molecular weight is 398 g/mol. The summed E-state index contributed by atoms with van der Waals surface area (Å²) in [5, 5.41) is 9.01. The Balaban J connectivity index is 1.43. The van der Waals surface area contributed by atoms with Crippen LogP contribution in [0.4, 0.5) is 8.78 Å². The number of aromatic nitrogens is 5. The average Bonchev–Trinajstić information content (AvgIpc) is 3.30. The Morgan fingerprint density at radius 3 is 2.71 bits per heavy atom. The molecule has 0 unspecified atom stereocenters. The SMILES string of the molecule is O=C(c1ccc(F)cc1)N1CCn2c(nnc2-c2nc3ncc(F)cc3s2)C1. The van der Waals surface area contributed by atoms with Gasteiger partial charge in [0, 0.05) is 18.7 Å². The van der Waals surface area contributed by atoms with E-state index >= 15 is 0 Å². The molecule has 4 heterocycles. The molecule has 5 rings (SSSR count). The lowest BCUT2D eigenvalue weighted by Gasteiger charge is -2.27. The predicted molar refractivity (Wildman–Crippen MR) is 97.5 cm³/mol. The van der Waals surface area contributed by atoms with Crippen LogP contribution >= 0.6 is 11.3 Å². The van der Waals surface area contributed by atoms with Gasteiger partial charge in [0.15, 0.2) is 22.3 Å². The zero-order valence-electron chi connectivity index (χ0n) is 14.3. The Morgan fingerprint density at radius 2 is 1.89 bits per heavy atom. The Bertz CT molecular complexity index is 1200. The van der Waals surface area contributed by atoms with Crippen LogP contribution in [-0.4, -0.2) is 42.1 Å². The summed E-state index contributed by atoms with van der Waals surface area (Å²) in [6, 6.07) is 6.86. The summed E-state index contributed by atoms with van der Waals surface area (Å²) in [7, 11) is 0. The van der Waals surface area contributed by atoms with Crippen LogP contribution in [0.25, 0.3) is 21.2 Å². The van der Waals surface area contributed by atoms with Gasteiger partial charge in [0.2, 0.25) is 0 Å². The molecule has 0 saturated heterocycles. The highest BCUT2D eigenvalue weighted by atomic mass is 32.1. The van der Waals surface area contributed by atoms with Gasteiger partial charge in [-0.15, -0.1) is 21.5 Å². The summed E-state index contributed by atoms with van der Waals surface area (Å²) >= 11 is 1.29. The number of rotatable bonds is 2. The smallest absolute Gasteiger partial charge is 0.254 e. The maximum atomic E-state index is 13.4. The molecule has 0 atom stereocenters. The maximum absolute atomic E-state index is 13.4. The molecule has 140 valence electrons. The van der Waals surface area contributed by atoms with E-state index in [9.17, 15) is 13.6 Å². The van der Waals surface area contributed by atoms with E-state index in [1.165, 1.54) is 41.7 Å². The fourth-order valence-electron chi connectivity index (χ4n) is 3.16. The highest BCUT2D eigenvalue weighted by Gasteiger charge is 2.27. The summed E-state index contributed by atoms with van der Waals surface area (Å²) < 4.78 is 29.0. The minimum absolute atomic E-state index is 0.185. The number of carbonyl (C=O) groups is 1. The molecule has 1 amide bonds. The summed E-state index contributed by atoms with van der Waals surface area (Å²) in [5.74, 6) is 0.226. The highest BCUT2D eigenvalue weighted by molar-refractivity contribution is 7.21. The van der Waals surface area contributed by atoms with Crippen LogP contribution in [0.3, 0.4) is 0 Å². The Morgan fingerprint density at radius 1 is 1.07 bits per heavy atom. The molecular weight excluding hydrogens is 386 g/mol. The van der Waals surface area contributed by atoms with E-state index in [1.807, 2.05) is 4.57 Å². The molecule has 1 aliphatic rings.